The normalized spacial score (nSPS) is 16.7. The summed E-state index contributed by atoms with van der Waals surface area (Å²) in [6.07, 6.45) is 0.806. The Balaban J connectivity index is 1.65. The van der Waals surface area contributed by atoms with Gasteiger partial charge in [0.15, 0.2) is 0 Å². The molecule has 0 saturated heterocycles. The minimum absolute atomic E-state index is 0.242. The lowest BCUT2D eigenvalue weighted by molar-refractivity contribution is 0.314. The average molecular weight is 1180 g/mol. The summed E-state index contributed by atoms with van der Waals surface area (Å²) in [4.78, 5) is 0. The van der Waals surface area contributed by atoms with Gasteiger partial charge in [-0.1, -0.05) is 225 Å². The molecular weight excluding hydrogens is 1070 g/mol. The first-order valence-electron chi connectivity index (χ1n) is 30.8. The van der Waals surface area contributed by atoms with E-state index in [1.54, 1.807) is 0 Å². The molecule has 0 fully saturated rings. The van der Waals surface area contributed by atoms with Gasteiger partial charge in [-0.05, 0) is 179 Å². The predicted molar refractivity (Wildman–Crippen MR) is 373 cm³/mol. The van der Waals surface area contributed by atoms with Gasteiger partial charge >= 0.3 is 0 Å². The standard InChI is InChI=1S/C79H100O4P2/c1-72(2,3)56-39-50(40-57(68(56)80-23)73(4,5)6)84-52-43-60(76(13,14)15)70(82-25)62(45-52)78(19,20)47-79(21,22)63-46-53(44-61(71(63)83-26)77(16,17)18)85(51-41-58(74(7,8)9)69(81-24)59(42-51)75(10,11)12)65-38-36-49-32-28-30-34-55(49)67(65)66-54-33-29-27-31-48(54)35-37-64(66)84/h27-46H,47H2,1-26H3. The Morgan fingerprint density at radius 3 is 0.824 bits per heavy atom. The third-order valence-corrected chi connectivity index (χ3v) is 22.7. The summed E-state index contributed by atoms with van der Waals surface area (Å²) in [6.45, 7) is 52.1. The van der Waals surface area contributed by atoms with Crippen molar-refractivity contribution in [2.45, 2.75) is 202 Å². The lowest BCUT2D eigenvalue weighted by Gasteiger charge is -2.40. The van der Waals surface area contributed by atoms with E-state index < -0.39 is 26.7 Å². The van der Waals surface area contributed by atoms with Crippen molar-refractivity contribution in [3.8, 4) is 34.1 Å². The first-order valence-corrected chi connectivity index (χ1v) is 33.5. The second-order valence-electron chi connectivity index (χ2n) is 31.8. The third kappa shape index (κ3) is 11.8. The highest BCUT2D eigenvalue weighted by Gasteiger charge is 2.42. The molecule has 6 heteroatoms. The number of hydrogen-bond donors (Lipinski definition) is 0. The molecule has 9 rings (SSSR count). The molecule has 4 bridgehead atoms. The fourth-order valence-corrected chi connectivity index (χ4v) is 18.9. The molecule has 85 heavy (non-hydrogen) atoms. The molecule has 1 aliphatic heterocycles. The molecule has 2 unspecified atom stereocenters. The van der Waals surface area contributed by atoms with E-state index in [4.69, 9.17) is 18.9 Å². The van der Waals surface area contributed by atoms with Crippen molar-refractivity contribution in [1.29, 1.82) is 0 Å². The Hall–Kier alpha value is -5.66. The summed E-state index contributed by atoms with van der Waals surface area (Å²) in [5, 5.41) is 12.7. The first-order chi connectivity index (χ1) is 39.3. The second kappa shape index (κ2) is 22.2. The van der Waals surface area contributed by atoms with Crippen LogP contribution >= 0.6 is 15.8 Å². The molecular formula is C79H100O4P2. The molecule has 0 amide bonds. The molecule has 4 nitrogen and oxygen atoms in total. The summed E-state index contributed by atoms with van der Waals surface area (Å²) < 4.78 is 26.9. The van der Waals surface area contributed by atoms with E-state index in [-0.39, 0.29) is 32.5 Å². The molecule has 0 spiro atoms. The molecule has 0 saturated carbocycles. The topological polar surface area (TPSA) is 36.9 Å². The highest BCUT2D eigenvalue weighted by atomic mass is 31.1. The van der Waals surface area contributed by atoms with Gasteiger partial charge in [-0.2, -0.15) is 0 Å². The SMILES string of the molecule is COc1c(C(C)(C)C)cc(P2c3cc(C(C)(C)C)c(OC)c(c3)C(C)(C)CC(C)(C)c3cc(cc(C(C)(C)C)c3OC)P(c3cc(C(C)(C)C)c(OC)c(C(C)(C)C)c3)c3ccc4ccccc4c3-c3c2ccc2ccccc32)cc1C(C)(C)C. The van der Waals surface area contributed by atoms with Crippen molar-refractivity contribution in [2.75, 3.05) is 28.4 Å². The largest absolute Gasteiger partial charge is 0.496 e. The van der Waals surface area contributed by atoms with Crippen LogP contribution < -0.4 is 50.8 Å². The van der Waals surface area contributed by atoms with Crippen LogP contribution in [0.4, 0.5) is 0 Å². The minimum Gasteiger partial charge on any atom is -0.496 e. The maximum absolute atomic E-state index is 6.85. The van der Waals surface area contributed by atoms with E-state index >= 15 is 0 Å². The molecule has 1 aliphatic rings. The number of fused-ring (bicyclic) bond motifs is 11. The first kappa shape index (κ1) is 63.8. The molecule has 450 valence electrons. The van der Waals surface area contributed by atoms with Gasteiger partial charge in [0.25, 0.3) is 0 Å². The van der Waals surface area contributed by atoms with Crippen LogP contribution in [0.5, 0.6) is 23.0 Å². The van der Waals surface area contributed by atoms with Gasteiger partial charge in [0, 0.05) is 44.5 Å². The zero-order valence-electron chi connectivity index (χ0n) is 56.8. The van der Waals surface area contributed by atoms with Crippen molar-refractivity contribution < 1.29 is 18.9 Å². The summed E-state index contributed by atoms with van der Waals surface area (Å²) in [5.41, 5.74) is 9.91. The molecule has 1 heterocycles. The van der Waals surface area contributed by atoms with Gasteiger partial charge in [-0.15, -0.1) is 0 Å². The monoisotopic (exact) mass is 1170 g/mol. The van der Waals surface area contributed by atoms with Gasteiger partial charge < -0.3 is 18.9 Å². The molecule has 8 aromatic carbocycles. The summed E-state index contributed by atoms with van der Waals surface area (Å²) >= 11 is 0. The highest BCUT2D eigenvalue weighted by Crippen LogP contribution is 2.55. The van der Waals surface area contributed by atoms with Crippen LogP contribution in [-0.4, -0.2) is 28.4 Å². The van der Waals surface area contributed by atoms with Crippen molar-refractivity contribution in [3.63, 3.8) is 0 Å². The Morgan fingerprint density at radius 2 is 0.565 bits per heavy atom. The lowest BCUT2D eigenvalue weighted by Crippen LogP contribution is -2.34. The fourth-order valence-electron chi connectivity index (χ4n) is 13.8. The lowest BCUT2D eigenvalue weighted by atomic mass is 9.66. The Kier molecular flexibility index (Phi) is 16.7. The summed E-state index contributed by atoms with van der Waals surface area (Å²) in [5.74, 6) is 3.88. The Morgan fingerprint density at radius 1 is 0.318 bits per heavy atom. The maximum Gasteiger partial charge on any atom is 0.126 e. The van der Waals surface area contributed by atoms with Crippen LogP contribution in [0.3, 0.4) is 0 Å². The number of benzene rings is 8. The predicted octanol–water partition coefficient (Wildman–Crippen LogP) is 19.0. The van der Waals surface area contributed by atoms with Crippen molar-refractivity contribution in [2.24, 2.45) is 0 Å². The van der Waals surface area contributed by atoms with Crippen LogP contribution in [0.2, 0.25) is 0 Å². The van der Waals surface area contributed by atoms with Crippen molar-refractivity contribution >= 4 is 69.2 Å². The molecule has 0 radical (unpaired) electrons. The summed E-state index contributed by atoms with van der Waals surface area (Å²) in [7, 11) is 4.73. The molecule has 2 atom stereocenters. The van der Waals surface area contributed by atoms with Gasteiger partial charge in [0.05, 0.1) is 28.4 Å². The quantitative estimate of drug-likeness (QED) is 0.156. The minimum atomic E-state index is -1.38. The summed E-state index contributed by atoms with van der Waals surface area (Å²) in [6, 6.07) is 48.6. The van der Waals surface area contributed by atoms with E-state index in [1.807, 2.05) is 28.4 Å². The molecule has 0 N–H and O–H groups in total. The third-order valence-electron chi connectivity index (χ3n) is 17.9. The van der Waals surface area contributed by atoms with E-state index in [2.05, 4.69) is 274 Å². The van der Waals surface area contributed by atoms with Gasteiger partial charge in [-0.3, -0.25) is 0 Å². The van der Waals surface area contributed by atoms with Gasteiger partial charge in [-0.25, -0.2) is 0 Å². The molecule has 0 aromatic heterocycles. The Labute approximate surface area is 515 Å². The fraction of sp³-hybridized carbons (Fsp3) is 0.443. The number of methoxy groups -OCH3 is 4. The van der Waals surface area contributed by atoms with E-state index in [0.29, 0.717) is 0 Å². The smallest absolute Gasteiger partial charge is 0.126 e. The zero-order chi connectivity index (χ0) is 62.7. The van der Waals surface area contributed by atoms with Crippen molar-refractivity contribution in [1.82, 2.24) is 0 Å². The average Bonchev–Trinajstić information content (AvgIpc) is 1.41. The molecule has 0 aliphatic carbocycles. The second-order valence-corrected chi connectivity index (χ2v) is 36.1. The number of rotatable bonds is 6. The van der Waals surface area contributed by atoms with E-state index in [1.165, 1.54) is 109 Å². The van der Waals surface area contributed by atoms with Gasteiger partial charge in [0.1, 0.15) is 23.0 Å². The van der Waals surface area contributed by atoms with Crippen LogP contribution in [0.15, 0.2) is 121 Å². The van der Waals surface area contributed by atoms with Gasteiger partial charge in [0.2, 0.25) is 0 Å². The van der Waals surface area contributed by atoms with Crippen molar-refractivity contribution in [3.05, 3.63) is 166 Å². The number of hydrogen-bond acceptors (Lipinski definition) is 4. The van der Waals surface area contributed by atoms with Crippen LogP contribution in [0.1, 0.15) is 203 Å². The van der Waals surface area contributed by atoms with E-state index in [9.17, 15) is 0 Å². The zero-order valence-corrected chi connectivity index (χ0v) is 58.6. The molecule has 8 aromatic rings. The number of ether oxygens (including phenoxy) is 4. The maximum atomic E-state index is 6.85. The highest BCUT2D eigenvalue weighted by molar-refractivity contribution is 7.81. The van der Waals surface area contributed by atoms with Crippen LogP contribution in [0, 0.1) is 0 Å². The Bertz CT molecular complexity index is 3550. The van der Waals surface area contributed by atoms with E-state index in [0.717, 1.165) is 29.4 Å². The van der Waals surface area contributed by atoms with Crippen LogP contribution in [0.25, 0.3) is 32.7 Å². The van der Waals surface area contributed by atoms with Crippen LogP contribution in [-0.2, 0) is 43.3 Å².